The first kappa shape index (κ1) is 14.5. The molecule has 2 N–H and O–H groups in total. The third-order valence-electron chi connectivity index (χ3n) is 4.00. The first-order valence-corrected chi connectivity index (χ1v) is 7.00. The van der Waals surface area contributed by atoms with Crippen LogP contribution in [-0.2, 0) is 9.53 Å². The number of ether oxygens (including phenoxy) is 1. The average molecular weight is 241 g/mol. The third kappa shape index (κ3) is 4.66. The molecule has 0 saturated heterocycles. The SMILES string of the molecule is CCCCC(N)C(=O)OC1CCC(C)C(C)C1. The first-order chi connectivity index (χ1) is 8.04. The van der Waals surface area contributed by atoms with Crippen LogP contribution in [0.1, 0.15) is 59.3 Å². The van der Waals surface area contributed by atoms with Crippen LogP contribution in [-0.4, -0.2) is 18.1 Å². The molecule has 3 nitrogen and oxygen atoms in total. The topological polar surface area (TPSA) is 52.3 Å². The van der Waals surface area contributed by atoms with E-state index < -0.39 is 6.04 Å². The molecule has 0 amide bonds. The van der Waals surface area contributed by atoms with Crippen LogP contribution in [0.5, 0.6) is 0 Å². The van der Waals surface area contributed by atoms with E-state index in [-0.39, 0.29) is 12.1 Å². The smallest absolute Gasteiger partial charge is 0.323 e. The third-order valence-corrected chi connectivity index (χ3v) is 4.00. The molecular formula is C14H27NO2. The largest absolute Gasteiger partial charge is 0.461 e. The Labute approximate surface area is 105 Å². The zero-order valence-corrected chi connectivity index (χ0v) is 11.4. The van der Waals surface area contributed by atoms with Gasteiger partial charge in [0.2, 0.25) is 0 Å². The number of rotatable bonds is 5. The second kappa shape index (κ2) is 7.00. The van der Waals surface area contributed by atoms with Gasteiger partial charge in [0.1, 0.15) is 12.1 Å². The zero-order valence-electron chi connectivity index (χ0n) is 11.4. The Morgan fingerprint density at radius 1 is 1.35 bits per heavy atom. The van der Waals surface area contributed by atoms with Crippen LogP contribution in [0.4, 0.5) is 0 Å². The van der Waals surface area contributed by atoms with Crippen molar-refractivity contribution in [3.05, 3.63) is 0 Å². The summed E-state index contributed by atoms with van der Waals surface area (Å²) in [6.45, 7) is 6.61. The minimum Gasteiger partial charge on any atom is -0.461 e. The fourth-order valence-electron chi connectivity index (χ4n) is 2.40. The van der Waals surface area contributed by atoms with Gasteiger partial charge in [0.15, 0.2) is 0 Å². The maximum absolute atomic E-state index is 11.8. The Morgan fingerprint density at radius 2 is 2.06 bits per heavy atom. The van der Waals surface area contributed by atoms with E-state index in [4.69, 9.17) is 10.5 Å². The standard InChI is InChI=1S/C14H27NO2/c1-4-5-6-13(15)14(16)17-12-8-7-10(2)11(3)9-12/h10-13H,4-9,15H2,1-3H3. The van der Waals surface area contributed by atoms with Crippen molar-refractivity contribution in [1.82, 2.24) is 0 Å². The number of hydrogen-bond acceptors (Lipinski definition) is 3. The molecule has 0 aromatic carbocycles. The van der Waals surface area contributed by atoms with Crippen molar-refractivity contribution in [2.45, 2.75) is 71.4 Å². The van der Waals surface area contributed by atoms with Crippen molar-refractivity contribution in [2.75, 3.05) is 0 Å². The van der Waals surface area contributed by atoms with E-state index in [1.54, 1.807) is 0 Å². The van der Waals surface area contributed by atoms with Crippen LogP contribution >= 0.6 is 0 Å². The lowest BCUT2D eigenvalue weighted by molar-refractivity contribution is -0.153. The molecule has 1 fully saturated rings. The van der Waals surface area contributed by atoms with E-state index in [2.05, 4.69) is 20.8 Å². The summed E-state index contributed by atoms with van der Waals surface area (Å²) in [5.41, 5.74) is 5.81. The van der Waals surface area contributed by atoms with Gasteiger partial charge in [-0.25, -0.2) is 0 Å². The van der Waals surface area contributed by atoms with E-state index in [9.17, 15) is 4.79 Å². The molecule has 0 aliphatic heterocycles. The highest BCUT2D eigenvalue weighted by molar-refractivity contribution is 5.75. The molecular weight excluding hydrogens is 214 g/mol. The van der Waals surface area contributed by atoms with Gasteiger partial charge < -0.3 is 10.5 Å². The van der Waals surface area contributed by atoms with Gasteiger partial charge >= 0.3 is 5.97 Å². The van der Waals surface area contributed by atoms with Crippen molar-refractivity contribution in [1.29, 1.82) is 0 Å². The second-order valence-electron chi connectivity index (χ2n) is 5.58. The summed E-state index contributed by atoms with van der Waals surface area (Å²) >= 11 is 0. The highest BCUT2D eigenvalue weighted by Crippen LogP contribution is 2.31. The molecule has 3 heteroatoms. The van der Waals surface area contributed by atoms with Crippen molar-refractivity contribution in [2.24, 2.45) is 17.6 Å². The number of carbonyl (C=O) groups excluding carboxylic acids is 1. The number of unbranched alkanes of at least 4 members (excludes halogenated alkanes) is 1. The molecule has 0 spiro atoms. The molecule has 0 bridgehead atoms. The lowest BCUT2D eigenvalue weighted by atomic mass is 9.80. The number of carbonyl (C=O) groups is 1. The van der Waals surface area contributed by atoms with Gasteiger partial charge in [-0.05, 0) is 37.5 Å². The van der Waals surface area contributed by atoms with Gasteiger partial charge in [-0.3, -0.25) is 4.79 Å². The normalized spacial score (nSPS) is 30.9. The Hall–Kier alpha value is -0.570. The fourth-order valence-corrected chi connectivity index (χ4v) is 2.40. The second-order valence-corrected chi connectivity index (χ2v) is 5.58. The molecule has 1 aliphatic rings. The monoisotopic (exact) mass is 241 g/mol. The maximum atomic E-state index is 11.8. The maximum Gasteiger partial charge on any atom is 0.323 e. The zero-order chi connectivity index (χ0) is 12.8. The van der Waals surface area contributed by atoms with Crippen LogP contribution in [0.2, 0.25) is 0 Å². The Bertz CT molecular complexity index is 242. The molecule has 1 rings (SSSR count). The fraction of sp³-hybridized carbons (Fsp3) is 0.929. The Morgan fingerprint density at radius 3 is 2.65 bits per heavy atom. The number of esters is 1. The Kier molecular flexibility index (Phi) is 5.96. The molecule has 4 unspecified atom stereocenters. The van der Waals surface area contributed by atoms with Gasteiger partial charge in [-0.15, -0.1) is 0 Å². The molecule has 1 saturated carbocycles. The van der Waals surface area contributed by atoms with E-state index >= 15 is 0 Å². The van der Waals surface area contributed by atoms with Crippen molar-refractivity contribution in [3.63, 3.8) is 0 Å². The highest BCUT2D eigenvalue weighted by atomic mass is 16.5. The lowest BCUT2D eigenvalue weighted by Gasteiger charge is -2.32. The van der Waals surface area contributed by atoms with Gasteiger partial charge in [0.05, 0.1) is 0 Å². The highest BCUT2D eigenvalue weighted by Gasteiger charge is 2.28. The van der Waals surface area contributed by atoms with Crippen LogP contribution in [0, 0.1) is 11.8 Å². The minimum atomic E-state index is -0.426. The minimum absolute atomic E-state index is 0.0985. The quantitative estimate of drug-likeness (QED) is 0.753. The predicted molar refractivity (Wildman–Crippen MR) is 69.6 cm³/mol. The number of hydrogen-bond donors (Lipinski definition) is 1. The summed E-state index contributed by atoms with van der Waals surface area (Å²) in [6, 6.07) is -0.426. The molecule has 17 heavy (non-hydrogen) atoms. The van der Waals surface area contributed by atoms with E-state index in [0.29, 0.717) is 5.92 Å². The summed E-state index contributed by atoms with van der Waals surface area (Å²) < 4.78 is 5.50. The summed E-state index contributed by atoms with van der Waals surface area (Å²) in [7, 11) is 0. The van der Waals surface area contributed by atoms with Crippen LogP contribution in [0.25, 0.3) is 0 Å². The summed E-state index contributed by atoms with van der Waals surface area (Å²) in [5, 5.41) is 0. The summed E-state index contributed by atoms with van der Waals surface area (Å²) in [6.07, 6.45) is 6.05. The first-order valence-electron chi connectivity index (χ1n) is 7.00. The van der Waals surface area contributed by atoms with Crippen molar-refractivity contribution >= 4 is 5.97 Å². The lowest BCUT2D eigenvalue weighted by Crippen LogP contribution is -2.37. The van der Waals surface area contributed by atoms with Crippen LogP contribution < -0.4 is 5.73 Å². The van der Waals surface area contributed by atoms with Gasteiger partial charge in [0.25, 0.3) is 0 Å². The van der Waals surface area contributed by atoms with Crippen LogP contribution in [0.15, 0.2) is 0 Å². The average Bonchev–Trinajstić information content (AvgIpc) is 2.30. The molecule has 0 aromatic heterocycles. The van der Waals surface area contributed by atoms with Crippen molar-refractivity contribution in [3.8, 4) is 0 Å². The van der Waals surface area contributed by atoms with Crippen LogP contribution in [0.3, 0.4) is 0 Å². The predicted octanol–water partition coefficient (Wildman–Crippen LogP) is 2.87. The van der Waals surface area contributed by atoms with E-state index in [1.165, 1.54) is 0 Å². The molecule has 0 heterocycles. The molecule has 1 aliphatic carbocycles. The van der Waals surface area contributed by atoms with Gasteiger partial charge in [-0.1, -0.05) is 33.6 Å². The van der Waals surface area contributed by atoms with Crippen molar-refractivity contribution < 1.29 is 9.53 Å². The summed E-state index contributed by atoms with van der Waals surface area (Å²) in [4.78, 5) is 11.8. The Balaban J connectivity index is 2.31. The van der Waals surface area contributed by atoms with Gasteiger partial charge in [0, 0.05) is 0 Å². The molecule has 0 aromatic rings. The van der Waals surface area contributed by atoms with E-state index in [0.717, 1.165) is 44.4 Å². The molecule has 0 radical (unpaired) electrons. The molecule has 100 valence electrons. The summed E-state index contributed by atoms with van der Waals surface area (Å²) in [5.74, 6) is 1.19. The molecule has 4 atom stereocenters. The van der Waals surface area contributed by atoms with E-state index in [1.807, 2.05) is 0 Å². The number of nitrogens with two attached hydrogens (primary N) is 1. The van der Waals surface area contributed by atoms with Gasteiger partial charge in [-0.2, -0.15) is 0 Å².